The molecule has 7 heteroatoms. The van der Waals surface area contributed by atoms with Gasteiger partial charge in [-0.1, -0.05) is 0 Å². The Morgan fingerprint density at radius 2 is 2.05 bits per heavy atom. The monoisotopic (exact) mass is 269 g/mol. The Balaban J connectivity index is 1.86. The van der Waals surface area contributed by atoms with Gasteiger partial charge in [-0.05, 0) is 6.42 Å². The summed E-state index contributed by atoms with van der Waals surface area (Å²) in [6.45, 7) is 2.89. The molecule has 0 radical (unpaired) electrons. The summed E-state index contributed by atoms with van der Waals surface area (Å²) in [5.74, 6) is -1.15. The lowest BCUT2D eigenvalue weighted by molar-refractivity contribution is -0.138. The van der Waals surface area contributed by atoms with Crippen molar-refractivity contribution in [3.05, 3.63) is 0 Å². The van der Waals surface area contributed by atoms with Gasteiger partial charge in [0, 0.05) is 39.1 Å². The molecular weight excluding hydrogens is 250 g/mol. The van der Waals surface area contributed by atoms with Crippen LogP contribution in [0.4, 0.5) is 0 Å². The van der Waals surface area contributed by atoms with Crippen molar-refractivity contribution in [1.29, 1.82) is 0 Å². The Labute approximate surface area is 111 Å². The lowest BCUT2D eigenvalue weighted by Gasteiger charge is -2.23. The smallest absolute Gasteiger partial charge is 0.317 e. The molecule has 2 aliphatic rings. The molecular formula is C12H19N3O4. The highest BCUT2D eigenvalue weighted by atomic mass is 16.4. The number of carboxylic acids is 1. The highest BCUT2D eigenvalue weighted by Crippen LogP contribution is 2.14. The number of amides is 2. The minimum atomic E-state index is -0.842. The van der Waals surface area contributed by atoms with Gasteiger partial charge in [-0.3, -0.25) is 19.3 Å². The van der Waals surface area contributed by atoms with E-state index in [1.165, 1.54) is 0 Å². The van der Waals surface area contributed by atoms with Crippen LogP contribution in [0.3, 0.4) is 0 Å². The number of rotatable bonds is 3. The van der Waals surface area contributed by atoms with Crippen LogP contribution in [0.5, 0.6) is 0 Å². The normalized spacial score (nSPS) is 24.9. The molecule has 0 bridgehead atoms. The van der Waals surface area contributed by atoms with Gasteiger partial charge < -0.3 is 15.3 Å². The molecule has 2 amide bonds. The van der Waals surface area contributed by atoms with E-state index < -0.39 is 5.97 Å². The summed E-state index contributed by atoms with van der Waals surface area (Å²) < 4.78 is 0. The van der Waals surface area contributed by atoms with Crippen molar-refractivity contribution in [2.75, 3.05) is 39.3 Å². The van der Waals surface area contributed by atoms with Gasteiger partial charge in [0.2, 0.25) is 11.8 Å². The average Bonchev–Trinajstić information content (AvgIpc) is 2.65. The first kappa shape index (κ1) is 13.8. The molecule has 0 aromatic carbocycles. The van der Waals surface area contributed by atoms with E-state index in [1.807, 2.05) is 4.90 Å². The molecule has 0 spiro atoms. The second-order valence-electron chi connectivity index (χ2n) is 5.05. The molecule has 2 N–H and O–H groups in total. The van der Waals surface area contributed by atoms with Crippen LogP contribution in [-0.4, -0.2) is 72.0 Å². The Morgan fingerprint density at radius 1 is 1.26 bits per heavy atom. The minimum absolute atomic E-state index is 0.00975. The molecule has 2 aliphatic heterocycles. The molecule has 2 rings (SSSR count). The van der Waals surface area contributed by atoms with Gasteiger partial charge >= 0.3 is 5.97 Å². The molecule has 106 valence electrons. The van der Waals surface area contributed by atoms with Crippen molar-refractivity contribution in [3.63, 3.8) is 0 Å². The Morgan fingerprint density at radius 3 is 2.68 bits per heavy atom. The molecule has 19 heavy (non-hydrogen) atoms. The van der Waals surface area contributed by atoms with Crippen molar-refractivity contribution in [1.82, 2.24) is 15.1 Å². The zero-order valence-corrected chi connectivity index (χ0v) is 10.8. The fourth-order valence-corrected chi connectivity index (χ4v) is 2.58. The molecule has 1 unspecified atom stereocenters. The van der Waals surface area contributed by atoms with E-state index in [4.69, 9.17) is 5.11 Å². The molecule has 0 aromatic heterocycles. The van der Waals surface area contributed by atoms with Crippen LogP contribution in [0.1, 0.15) is 12.8 Å². The molecule has 7 nitrogen and oxygen atoms in total. The third kappa shape index (κ3) is 3.66. The maximum Gasteiger partial charge on any atom is 0.317 e. The summed E-state index contributed by atoms with van der Waals surface area (Å²) in [7, 11) is 0. The van der Waals surface area contributed by atoms with Gasteiger partial charge in [-0.2, -0.15) is 0 Å². The van der Waals surface area contributed by atoms with E-state index in [0.29, 0.717) is 32.7 Å². The van der Waals surface area contributed by atoms with Gasteiger partial charge in [0.1, 0.15) is 0 Å². The lowest BCUT2D eigenvalue weighted by atomic mass is 10.1. The van der Waals surface area contributed by atoms with Gasteiger partial charge in [-0.15, -0.1) is 0 Å². The first-order valence-corrected chi connectivity index (χ1v) is 6.56. The lowest BCUT2D eigenvalue weighted by Crippen LogP contribution is -2.40. The quantitative estimate of drug-likeness (QED) is 0.667. The number of hydrogen-bond acceptors (Lipinski definition) is 4. The first-order valence-electron chi connectivity index (χ1n) is 6.56. The zero-order chi connectivity index (χ0) is 13.8. The van der Waals surface area contributed by atoms with E-state index in [1.54, 1.807) is 4.90 Å². The van der Waals surface area contributed by atoms with Crippen molar-refractivity contribution in [2.45, 2.75) is 12.8 Å². The Bertz CT molecular complexity index is 385. The van der Waals surface area contributed by atoms with E-state index in [-0.39, 0.29) is 30.7 Å². The Hall–Kier alpha value is -1.63. The SMILES string of the molecule is O=C(O)CN1CCCN(C(=O)C2CNC(=O)C2)CC1. The number of aliphatic carboxylic acids is 1. The van der Waals surface area contributed by atoms with E-state index in [2.05, 4.69) is 5.32 Å². The van der Waals surface area contributed by atoms with Crippen LogP contribution in [-0.2, 0) is 14.4 Å². The van der Waals surface area contributed by atoms with Crippen LogP contribution in [0.25, 0.3) is 0 Å². The fourth-order valence-electron chi connectivity index (χ4n) is 2.58. The maximum absolute atomic E-state index is 12.2. The molecule has 2 heterocycles. The predicted molar refractivity (Wildman–Crippen MR) is 66.4 cm³/mol. The van der Waals surface area contributed by atoms with Gasteiger partial charge in [0.25, 0.3) is 0 Å². The summed E-state index contributed by atoms with van der Waals surface area (Å²) in [6, 6.07) is 0. The number of nitrogens with zero attached hydrogens (tertiary/aromatic N) is 2. The second kappa shape index (κ2) is 6.01. The van der Waals surface area contributed by atoms with Gasteiger partial charge in [-0.25, -0.2) is 0 Å². The van der Waals surface area contributed by atoms with Gasteiger partial charge in [0.05, 0.1) is 12.5 Å². The number of hydrogen-bond donors (Lipinski definition) is 2. The van der Waals surface area contributed by atoms with Crippen LogP contribution >= 0.6 is 0 Å². The Kier molecular flexibility index (Phi) is 4.36. The molecule has 2 fully saturated rings. The van der Waals surface area contributed by atoms with Crippen LogP contribution in [0.15, 0.2) is 0 Å². The summed E-state index contributed by atoms with van der Waals surface area (Å²) in [5, 5.41) is 11.4. The summed E-state index contributed by atoms with van der Waals surface area (Å²) in [4.78, 5) is 37.6. The molecule has 0 aromatic rings. The van der Waals surface area contributed by atoms with Crippen molar-refractivity contribution < 1.29 is 19.5 Å². The fraction of sp³-hybridized carbons (Fsp3) is 0.750. The molecule has 0 aliphatic carbocycles. The predicted octanol–water partition coefficient (Wildman–Crippen LogP) is -1.26. The van der Waals surface area contributed by atoms with Crippen LogP contribution in [0.2, 0.25) is 0 Å². The largest absolute Gasteiger partial charge is 0.480 e. The first-order chi connectivity index (χ1) is 9.06. The van der Waals surface area contributed by atoms with Crippen molar-refractivity contribution in [3.8, 4) is 0 Å². The highest BCUT2D eigenvalue weighted by molar-refractivity contribution is 5.89. The van der Waals surface area contributed by atoms with Crippen LogP contribution in [0, 0.1) is 5.92 Å². The van der Waals surface area contributed by atoms with Crippen LogP contribution < -0.4 is 5.32 Å². The molecule has 0 saturated carbocycles. The van der Waals surface area contributed by atoms with Gasteiger partial charge in [0.15, 0.2) is 0 Å². The number of carbonyl (C=O) groups is 3. The standard InChI is InChI=1S/C12H19N3O4/c16-10-6-9(7-13-10)12(19)15-3-1-2-14(4-5-15)8-11(17)18/h9H,1-8H2,(H,13,16)(H,17,18). The van der Waals surface area contributed by atoms with Crippen molar-refractivity contribution >= 4 is 17.8 Å². The summed E-state index contributed by atoms with van der Waals surface area (Å²) in [5.41, 5.74) is 0. The third-order valence-corrected chi connectivity index (χ3v) is 3.59. The van der Waals surface area contributed by atoms with Crippen molar-refractivity contribution in [2.24, 2.45) is 5.92 Å². The highest BCUT2D eigenvalue weighted by Gasteiger charge is 2.32. The van der Waals surface area contributed by atoms with E-state index in [9.17, 15) is 14.4 Å². The number of carboxylic acid groups (broad SMARTS) is 1. The minimum Gasteiger partial charge on any atom is -0.480 e. The van der Waals surface area contributed by atoms with E-state index in [0.717, 1.165) is 6.42 Å². The molecule has 2 saturated heterocycles. The average molecular weight is 269 g/mol. The topological polar surface area (TPSA) is 89.9 Å². The number of carbonyl (C=O) groups excluding carboxylic acids is 2. The summed E-state index contributed by atoms with van der Waals surface area (Å²) in [6.07, 6.45) is 1.04. The summed E-state index contributed by atoms with van der Waals surface area (Å²) >= 11 is 0. The third-order valence-electron chi connectivity index (χ3n) is 3.59. The van der Waals surface area contributed by atoms with E-state index >= 15 is 0 Å². The maximum atomic E-state index is 12.2. The zero-order valence-electron chi connectivity index (χ0n) is 10.8. The molecule has 1 atom stereocenters. The second-order valence-corrected chi connectivity index (χ2v) is 5.05. The number of nitrogens with one attached hydrogen (secondary N) is 1.